The molecule has 0 bridgehead atoms. The van der Waals surface area contributed by atoms with Gasteiger partial charge in [0.15, 0.2) is 0 Å². The predicted octanol–water partition coefficient (Wildman–Crippen LogP) is 4.44. The maximum absolute atomic E-state index is 9.42. The minimum Gasteiger partial charge on any atom is -0.508 e. The summed E-state index contributed by atoms with van der Waals surface area (Å²) < 4.78 is 0. The lowest BCUT2D eigenvalue weighted by Gasteiger charge is -2.18. The van der Waals surface area contributed by atoms with Crippen LogP contribution < -0.4 is 5.32 Å². The molecule has 2 aromatic rings. The first-order chi connectivity index (χ1) is 9.10. The Bertz CT molecular complexity index is 546. The minimum atomic E-state index is 0.245. The fourth-order valence-corrected chi connectivity index (χ4v) is 2.17. The molecule has 2 heteroatoms. The number of nitrogens with one attached hydrogen (secondary N) is 1. The van der Waals surface area contributed by atoms with E-state index in [1.807, 2.05) is 13.0 Å². The Morgan fingerprint density at radius 2 is 1.79 bits per heavy atom. The summed E-state index contributed by atoms with van der Waals surface area (Å²) in [5, 5.41) is 12.9. The van der Waals surface area contributed by atoms with Crippen molar-refractivity contribution in [2.75, 3.05) is 5.32 Å². The van der Waals surface area contributed by atoms with E-state index in [-0.39, 0.29) is 6.04 Å². The zero-order valence-corrected chi connectivity index (χ0v) is 11.8. The van der Waals surface area contributed by atoms with Crippen LogP contribution in [0.5, 0.6) is 5.75 Å². The lowest BCUT2D eigenvalue weighted by Crippen LogP contribution is -2.07. The Morgan fingerprint density at radius 1 is 1.11 bits per heavy atom. The van der Waals surface area contributed by atoms with Gasteiger partial charge in [0.05, 0.1) is 0 Å². The van der Waals surface area contributed by atoms with Crippen molar-refractivity contribution >= 4 is 5.69 Å². The molecule has 100 valence electrons. The average molecular weight is 255 g/mol. The molecule has 0 aliphatic rings. The van der Waals surface area contributed by atoms with Gasteiger partial charge in [0.25, 0.3) is 0 Å². The molecule has 1 atom stereocenters. The SMILES string of the molecule is CCc1ccc(C(C)Nc2ccc(O)cc2C)cc1. The van der Waals surface area contributed by atoms with Crippen LogP contribution >= 0.6 is 0 Å². The third kappa shape index (κ3) is 3.28. The number of anilines is 1. The van der Waals surface area contributed by atoms with Crippen LogP contribution in [-0.4, -0.2) is 5.11 Å². The summed E-state index contributed by atoms with van der Waals surface area (Å²) in [6.45, 7) is 6.30. The van der Waals surface area contributed by atoms with Crippen molar-refractivity contribution in [2.24, 2.45) is 0 Å². The van der Waals surface area contributed by atoms with E-state index in [1.165, 1.54) is 11.1 Å². The largest absolute Gasteiger partial charge is 0.508 e. The summed E-state index contributed by atoms with van der Waals surface area (Å²) in [6, 6.07) is 14.3. The molecule has 2 nitrogen and oxygen atoms in total. The normalized spacial score (nSPS) is 12.2. The van der Waals surface area contributed by atoms with Gasteiger partial charge in [-0.2, -0.15) is 0 Å². The Kier molecular flexibility index (Phi) is 4.10. The molecule has 2 rings (SSSR count). The van der Waals surface area contributed by atoms with Gasteiger partial charge in [-0.15, -0.1) is 0 Å². The molecule has 19 heavy (non-hydrogen) atoms. The summed E-state index contributed by atoms with van der Waals surface area (Å²) in [5.74, 6) is 0.308. The lowest BCUT2D eigenvalue weighted by atomic mass is 10.0. The molecular weight excluding hydrogens is 234 g/mol. The second-order valence-electron chi connectivity index (χ2n) is 4.96. The molecule has 0 aliphatic carbocycles. The molecule has 0 spiro atoms. The van der Waals surface area contributed by atoms with E-state index in [0.29, 0.717) is 5.75 Å². The highest BCUT2D eigenvalue weighted by Gasteiger charge is 2.07. The minimum absolute atomic E-state index is 0.245. The highest BCUT2D eigenvalue weighted by atomic mass is 16.3. The molecule has 2 N–H and O–H groups in total. The summed E-state index contributed by atoms with van der Waals surface area (Å²) in [6.07, 6.45) is 1.07. The zero-order valence-electron chi connectivity index (χ0n) is 11.8. The Morgan fingerprint density at radius 3 is 2.37 bits per heavy atom. The third-order valence-corrected chi connectivity index (χ3v) is 3.47. The van der Waals surface area contributed by atoms with Crippen LogP contribution in [0.4, 0.5) is 5.69 Å². The molecule has 0 amide bonds. The fraction of sp³-hybridized carbons (Fsp3) is 0.294. The smallest absolute Gasteiger partial charge is 0.115 e. The topological polar surface area (TPSA) is 32.3 Å². The van der Waals surface area contributed by atoms with Gasteiger partial charge in [0, 0.05) is 11.7 Å². The van der Waals surface area contributed by atoms with Crippen LogP contribution in [0.25, 0.3) is 0 Å². The van der Waals surface area contributed by atoms with E-state index in [9.17, 15) is 5.11 Å². The van der Waals surface area contributed by atoms with Crippen LogP contribution in [-0.2, 0) is 6.42 Å². The van der Waals surface area contributed by atoms with Gasteiger partial charge in [0.1, 0.15) is 5.75 Å². The highest BCUT2D eigenvalue weighted by molar-refractivity contribution is 5.54. The molecule has 0 aromatic heterocycles. The van der Waals surface area contributed by atoms with Crippen LogP contribution in [0, 0.1) is 6.92 Å². The van der Waals surface area contributed by atoms with E-state index < -0.39 is 0 Å². The van der Waals surface area contributed by atoms with E-state index in [4.69, 9.17) is 0 Å². The summed E-state index contributed by atoms with van der Waals surface area (Å²) >= 11 is 0. The number of rotatable bonds is 4. The monoisotopic (exact) mass is 255 g/mol. The number of aryl methyl sites for hydroxylation is 2. The van der Waals surface area contributed by atoms with E-state index >= 15 is 0 Å². The zero-order chi connectivity index (χ0) is 13.8. The van der Waals surface area contributed by atoms with E-state index in [2.05, 4.69) is 43.4 Å². The number of hydrogen-bond donors (Lipinski definition) is 2. The maximum Gasteiger partial charge on any atom is 0.115 e. The quantitative estimate of drug-likeness (QED) is 0.792. The van der Waals surface area contributed by atoms with Gasteiger partial charge < -0.3 is 10.4 Å². The second kappa shape index (κ2) is 5.79. The van der Waals surface area contributed by atoms with Crippen LogP contribution in [0.1, 0.15) is 36.6 Å². The molecule has 1 unspecified atom stereocenters. The van der Waals surface area contributed by atoms with Gasteiger partial charge in [-0.05, 0) is 55.2 Å². The van der Waals surface area contributed by atoms with Crippen molar-refractivity contribution < 1.29 is 5.11 Å². The highest BCUT2D eigenvalue weighted by Crippen LogP contribution is 2.25. The molecule has 0 saturated heterocycles. The lowest BCUT2D eigenvalue weighted by molar-refractivity contribution is 0.475. The molecular formula is C17H21NO. The maximum atomic E-state index is 9.42. The first-order valence-electron chi connectivity index (χ1n) is 6.75. The van der Waals surface area contributed by atoms with Crippen molar-refractivity contribution in [3.63, 3.8) is 0 Å². The van der Waals surface area contributed by atoms with E-state index in [1.54, 1.807) is 12.1 Å². The third-order valence-electron chi connectivity index (χ3n) is 3.47. The predicted molar refractivity (Wildman–Crippen MR) is 80.7 cm³/mol. The van der Waals surface area contributed by atoms with Crippen LogP contribution in [0.2, 0.25) is 0 Å². The fourth-order valence-electron chi connectivity index (χ4n) is 2.17. The van der Waals surface area contributed by atoms with Gasteiger partial charge in [-0.1, -0.05) is 31.2 Å². The molecule has 0 radical (unpaired) electrons. The Labute approximate surface area is 115 Å². The van der Waals surface area contributed by atoms with Crippen LogP contribution in [0.3, 0.4) is 0 Å². The van der Waals surface area contributed by atoms with Gasteiger partial charge in [0.2, 0.25) is 0 Å². The van der Waals surface area contributed by atoms with E-state index in [0.717, 1.165) is 17.7 Å². The summed E-state index contributed by atoms with van der Waals surface area (Å²) in [5.41, 5.74) is 4.74. The van der Waals surface area contributed by atoms with Crippen molar-refractivity contribution in [3.05, 3.63) is 59.2 Å². The second-order valence-corrected chi connectivity index (χ2v) is 4.96. The van der Waals surface area contributed by atoms with Gasteiger partial charge in [-0.25, -0.2) is 0 Å². The van der Waals surface area contributed by atoms with Crippen molar-refractivity contribution in [1.82, 2.24) is 0 Å². The first kappa shape index (κ1) is 13.5. The summed E-state index contributed by atoms with van der Waals surface area (Å²) in [7, 11) is 0. The number of hydrogen-bond acceptors (Lipinski definition) is 2. The molecule has 0 fully saturated rings. The van der Waals surface area contributed by atoms with Crippen molar-refractivity contribution in [3.8, 4) is 5.75 Å². The van der Waals surface area contributed by atoms with Gasteiger partial charge >= 0.3 is 0 Å². The Hall–Kier alpha value is -1.96. The Balaban J connectivity index is 2.13. The molecule has 0 heterocycles. The van der Waals surface area contributed by atoms with Crippen LogP contribution in [0.15, 0.2) is 42.5 Å². The number of phenolic OH excluding ortho intramolecular Hbond substituents is 1. The molecule has 0 saturated carbocycles. The number of aromatic hydroxyl groups is 1. The molecule has 2 aromatic carbocycles. The molecule has 0 aliphatic heterocycles. The van der Waals surface area contributed by atoms with Gasteiger partial charge in [-0.3, -0.25) is 0 Å². The number of benzene rings is 2. The van der Waals surface area contributed by atoms with Crippen molar-refractivity contribution in [1.29, 1.82) is 0 Å². The standard InChI is InChI=1S/C17H21NO/c1-4-14-5-7-15(8-6-14)13(3)18-17-10-9-16(19)11-12(17)2/h5-11,13,18-19H,4H2,1-3H3. The average Bonchev–Trinajstić information content (AvgIpc) is 2.42. The number of phenols is 1. The summed E-state index contributed by atoms with van der Waals surface area (Å²) in [4.78, 5) is 0. The first-order valence-corrected chi connectivity index (χ1v) is 6.75. The van der Waals surface area contributed by atoms with Crippen molar-refractivity contribution in [2.45, 2.75) is 33.2 Å².